The van der Waals surface area contributed by atoms with E-state index in [1.165, 1.54) is 7.05 Å². The zero-order valence-corrected chi connectivity index (χ0v) is 17.0. The summed E-state index contributed by atoms with van der Waals surface area (Å²) in [4.78, 5) is 14.8. The van der Waals surface area contributed by atoms with Gasteiger partial charge in [-0.3, -0.25) is 4.79 Å². The van der Waals surface area contributed by atoms with Crippen LogP contribution < -0.4 is 14.9 Å². The third-order valence-electron chi connectivity index (χ3n) is 5.52. The number of amides is 1. The second kappa shape index (κ2) is 8.69. The van der Waals surface area contributed by atoms with Gasteiger partial charge in [-0.1, -0.05) is 13.0 Å². The van der Waals surface area contributed by atoms with Crippen LogP contribution in [0.3, 0.4) is 0 Å². The van der Waals surface area contributed by atoms with Crippen LogP contribution in [0.15, 0.2) is 23.1 Å². The first-order valence-corrected chi connectivity index (χ1v) is 10.5. The lowest BCUT2D eigenvalue weighted by molar-refractivity contribution is -0.119. The van der Waals surface area contributed by atoms with Crippen molar-refractivity contribution in [3.63, 3.8) is 0 Å². The molecule has 146 valence electrons. The van der Waals surface area contributed by atoms with Crippen LogP contribution in [0.5, 0.6) is 0 Å². The Morgan fingerprint density at radius 2 is 2.04 bits per heavy atom. The molecule has 2 aliphatic heterocycles. The van der Waals surface area contributed by atoms with E-state index in [-0.39, 0.29) is 23.2 Å². The fourth-order valence-electron chi connectivity index (χ4n) is 3.87. The van der Waals surface area contributed by atoms with Crippen LogP contribution in [0, 0.1) is 11.8 Å². The number of benzene rings is 1. The smallest absolute Gasteiger partial charge is 0.240 e. The molecule has 1 unspecified atom stereocenters. The topological polar surface area (TPSA) is 78.5 Å². The normalized spacial score (nSPS) is 18.9. The van der Waals surface area contributed by atoms with Crippen molar-refractivity contribution in [2.75, 3.05) is 31.6 Å². The van der Waals surface area contributed by atoms with E-state index in [2.05, 4.69) is 17.0 Å². The lowest BCUT2D eigenvalue weighted by Crippen LogP contribution is -2.35. The van der Waals surface area contributed by atoms with Gasteiger partial charge in [-0.15, -0.1) is 12.4 Å². The van der Waals surface area contributed by atoms with Gasteiger partial charge in [-0.05, 0) is 68.9 Å². The minimum Gasteiger partial charge on any atom is -0.317 e. The van der Waals surface area contributed by atoms with Crippen molar-refractivity contribution < 1.29 is 13.2 Å². The second-order valence-corrected chi connectivity index (χ2v) is 8.95. The number of sulfonamides is 1. The Hall–Kier alpha value is -1.15. The number of nitrogens with one attached hydrogen (secondary N) is 2. The lowest BCUT2D eigenvalue weighted by Gasteiger charge is -2.29. The van der Waals surface area contributed by atoms with Crippen LogP contribution in [0.1, 0.15) is 31.7 Å². The molecule has 1 saturated heterocycles. The van der Waals surface area contributed by atoms with Gasteiger partial charge in [0.1, 0.15) is 0 Å². The first kappa shape index (κ1) is 21.2. The molecule has 6 nitrogen and oxygen atoms in total. The standard InChI is InChI=1S/C18H27N3O3S.ClH/c1-13(14-5-8-20-9-6-14)11-18(22)21-10-7-15-3-4-16(12-17(15)21)25(23,24)19-2;/h3-4,12-14,19-20H,5-11H2,1-2H3;1H. The van der Waals surface area contributed by atoms with Crippen molar-refractivity contribution >= 4 is 34.0 Å². The van der Waals surface area contributed by atoms with Crippen LogP contribution in [0.25, 0.3) is 0 Å². The van der Waals surface area contributed by atoms with E-state index in [1.54, 1.807) is 17.0 Å². The molecule has 0 radical (unpaired) electrons. The maximum Gasteiger partial charge on any atom is 0.240 e. The SMILES string of the molecule is CNS(=O)(=O)c1ccc2c(c1)N(C(=O)CC(C)C1CCNCC1)CC2.Cl. The molecule has 1 fully saturated rings. The third kappa shape index (κ3) is 4.39. The number of carbonyl (C=O) groups is 1. The summed E-state index contributed by atoms with van der Waals surface area (Å²) in [6, 6.07) is 5.06. The molecule has 1 aromatic rings. The van der Waals surface area contributed by atoms with Gasteiger partial charge in [0.05, 0.1) is 4.90 Å². The molecule has 2 N–H and O–H groups in total. The van der Waals surface area contributed by atoms with Gasteiger partial charge >= 0.3 is 0 Å². The Morgan fingerprint density at radius 3 is 2.69 bits per heavy atom. The minimum absolute atomic E-state index is 0. The molecule has 0 aliphatic carbocycles. The summed E-state index contributed by atoms with van der Waals surface area (Å²) in [7, 11) is -2.11. The maximum atomic E-state index is 12.8. The molecule has 0 spiro atoms. The number of fused-ring (bicyclic) bond motifs is 1. The van der Waals surface area contributed by atoms with Crippen LogP contribution in [-0.4, -0.2) is 41.0 Å². The first-order chi connectivity index (χ1) is 11.9. The molecule has 1 aromatic carbocycles. The highest BCUT2D eigenvalue weighted by molar-refractivity contribution is 7.89. The second-order valence-electron chi connectivity index (χ2n) is 7.06. The third-order valence-corrected chi connectivity index (χ3v) is 6.93. The van der Waals surface area contributed by atoms with E-state index < -0.39 is 10.0 Å². The molecule has 0 saturated carbocycles. The zero-order chi connectivity index (χ0) is 18.0. The molecular weight excluding hydrogens is 374 g/mol. The van der Waals surface area contributed by atoms with Crippen molar-refractivity contribution in [3.05, 3.63) is 23.8 Å². The van der Waals surface area contributed by atoms with Gasteiger partial charge < -0.3 is 10.2 Å². The summed E-state index contributed by atoms with van der Waals surface area (Å²) in [5, 5.41) is 3.36. The van der Waals surface area contributed by atoms with E-state index in [0.717, 1.165) is 43.6 Å². The molecule has 2 aliphatic rings. The van der Waals surface area contributed by atoms with Crippen LogP contribution >= 0.6 is 12.4 Å². The number of hydrogen-bond donors (Lipinski definition) is 2. The number of carbonyl (C=O) groups excluding carboxylic acids is 1. The highest BCUT2D eigenvalue weighted by atomic mass is 35.5. The Morgan fingerprint density at radius 1 is 1.35 bits per heavy atom. The summed E-state index contributed by atoms with van der Waals surface area (Å²) in [5.41, 5.74) is 1.79. The molecule has 1 atom stereocenters. The van der Waals surface area contributed by atoms with E-state index in [0.29, 0.717) is 24.8 Å². The quantitative estimate of drug-likeness (QED) is 0.790. The van der Waals surface area contributed by atoms with Gasteiger partial charge in [0.25, 0.3) is 0 Å². The van der Waals surface area contributed by atoms with E-state index in [4.69, 9.17) is 0 Å². The number of piperidine rings is 1. The molecule has 26 heavy (non-hydrogen) atoms. The molecule has 2 heterocycles. The van der Waals surface area contributed by atoms with Gasteiger partial charge in [-0.25, -0.2) is 13.1 Å². The Balaban J connectivity index is 0.00000243. The van der Waals surface area contributed by atoms with Crippen LogP contribution in [-0.2, 0) is 21.2 Å². The largest absolute Gasteiger partial charge is 0.317 e. The summed E-state index contributed by atoms with van der Waals surface area (Å²) < 4.78 is 26.4. The van der Waals surface area contributed by atoms with Crippen molar-refractivity contribution in [1.29, 1.82) is 0 Å². The van der Waals surface area contributed by atoms with Gasteiger partial charge in [0.2, 0.25) is 15.9 Å². The Labute approximate surface area is 162 Å². The van der Waals surface area contributed by atoms with Crippen molar-refractivity contribution in [2.45, 2.75) is 37.5 Å². The summed E-state index contributed by atoms with van der Waals surface area (Å²) in [5.74, 6) is 1.04. The Kier molecular flexibility index (Phi) is 7.07. The van der Waals surface area contributed by atoms with Crippen LogP contribution in [0.4, 0.5) is 5.69 Å². The maximum absolute atomic E-state index is 12.8. The van der Waals surface area contributed by atoms with E-state index in [1.807, 2.05) is 6.07 Å². The molecule has 0 aromatic heterocycles. The molecule has 8 heteroatoms. The predicted octanol–water partition coefficient (Wildman–Crippen LogP) is 1.93. The number of halogens is 1. The first-order valence-electron chi connectivity index (χ1n) is 9.00. The molecule has 1 amide bonds. The molecule has 3 rings (SSSR count). The van der Waals surface area contributed by atoms with E-state index >= 15 is 0 Å². The van der Waals surface area contributed by atoms with Crippen LogP contribution in [0.2, 0.25) is 0 Å². The minimum atomic E-state index is -3.50. The lowest BCUT2D eigenvalue weighted by atomic mass is 9.84. The molecular formula is C18H28ClN3O3S. The number of anilines is 1. The predicted molar refractivity (Wildman–Crippen MR) is 105 cm³/mol. The van der Waals surface area contributed by atoms with E-state index in [9.17, 15) is 13.2 Å². The highest BCUT2D eigenvalue weighted by Crippen LogP contribution is 2.32. The highest BCUT2D eigenvalue weighted by Gasteiger charge is 2.29. The van der Waals surface area contributed by atoms with Gasteiger partial charge in [0, 0.05) is 18.7 Å². The summed E-state index contributed by atoms with van der Waals surface area (Å²) in [6.45, 7) is 4.85. The number of rotatable bonds is 5. The molecule has 0 bridgehead atoms. The average molecular weight is 402 g/mol. The van der Waals surface area contributed by atoms with Crippen molar-refractivity contribution in [1.82, 2.24) is 10.0 Å². The zero-order valence-electron chi connectivity index (χ0n) is 15.3. The number of hydrogen-bond acceptors (Lipinski definition) is 4. The monoisotopic (exact) mass is 401 g/mol. The summed E-state index contributed by atoms with van der Waals surface area (Å²) in [6.07, 6.45) is 3.54. The average Bonchev–Trinajstić information content (AvgIpc) is 3.05. The van der Waals surface area contributed by atoms with Crippen molar-refractivity contribution in [2.24, 2.45) is 11.8 Å². The van der Waals surface area contributed by atoms with Gasteiger partial charge in [-0.2, -0.15) is 0 Å². The fraction of sp³-hybridized carbons (Fsp3) is 0.611. The summed E-state index contributed by atoms with van der Waals surface area (Å²) >= 11 is 0. The van der Waals surface area contributed by atoms with Gasteiger partial charge in [0.15, 0.2) is 0 Å². The Bertz CT molecular complexity index is 748. The number of nitrogens with zero attached hydrogens (tertiary/aromatic N) is 1. The fourth-order valence-corrected chi connectivity index (χ4v) is 4.62. The van der Waals surface area contributed by atoms with Crippen molar-refractivity contribution in [3.8, 4) is 0 Å².